The number of amides is 2. The van der Waals surface area contributed by atoms with Crippen LogP contribution in [0.5, 0.6) is 0 Å². The third-order valence-electron chi connectivity index (χ3n) is 3.36. The van der Waals surface area contributed by atoms with Crippen molar-refractivity contribution < 1.29 is 14.3 Å². The highest BCUT2D eigenvalue weighted by molar-refractivity contribution is 6.35. The second-order valence-electron chi connectivity index (χ2n) is 4.93. The fraction of sp³-hybridized carbons (Fsp3) is 0.400. The van der Waals surface area contributed by atoms with Gasteiger partial charge >= 0.3 is 6.09 Å². The highest BCUT2D eigenvalue weighted by Gasteiger charge is 2.21. The molecule has 1 aliphatic heterocycles. The number of nitrogens with zero attached hydrogens (tertiary/aromatic N) is 2. The zero-order valence-electron chi connectivity index (χ0n) is 12.6. The van der Waals surface area contributed by atoms with Crippen molar-refractivity contribution in [3.8, 4) is 0 Å². The lowest BCUT2D eigenvalue weighted by Crippen LogP contribution is -2.39. The molecule has 1 fully saturated rings. The monoisotopic (exact) mass is 357 g/mol. The molecule has 6 nitrogen and oxygen atoms in total. The molecule has 1 saturated heterocycles. The molecule has 1 aliphatic rings. The fourth-order valence-electron chi connectivity index (χ4n) is 2.14. The molecule has 0 bridgehead atoms. The van der Waals surface area contributed by atoms with Crippen LogP contribution in [0.2, 0.25) is 10.0 Å². The van der Waals surface area contributed by atoms with Gasteiger partial charge < -0.3 is 9.64 Å². The van der Waals surface area contributed by atoms with Gasteiger partial charge in [-0.1, -0.05) is 23.2 Å². The zero-order chi connectivity index (χ0) is 16.8. The lowest BCUT2D eigenvalue weighted by atomic mass is 10.1. The number of carbonyl (C=O) groups excluding carboxylic acids is 2. The normalized spacial score (nSPS) is 14.4. The van der Waals surface area contributed by atoms with Crippen LogP contribution in [0.25, 0.3) is 0 Å². The van der Waals surface area contributed by atoms with E-state index in [0.717, 1.165) is 5.71 Å². The van der Waals surface area contributed by atoms with Crippen LogP contribution in [-0.4, -0.2) is 42.3 Å². The lowest BCUT2D eigenvalue weighted by molar-refractivity contribution is 0.0951. The SMILES string of the molecule is CCOC(=O)N1CCC(=NNC(=O)c2cc(Cl)ccc2Cl)CC1. The molecule has 0 saturated carbocycles. The Balaban J connectivity index is 1.90. The van der Waals surface area contributed by atoms with Crippen molar-refractivity contribution in [2.45, 2.75) is 19.8 Å². The second-order valence-corrected chi connectivity index (χ2v) is 5.77. The summed E-state index contributed by atoms with van der Waals surface area (Å²) >= 11 is 11.8. The molecule has 0 spiro atoms. The Morgan fingerprint density at radius 1 is 1.30 bits per heavy atom. The molecule has 23 heavy (non-hydrogen) atoms. The summed E-state index contributed by atoms with van der Waals surface area (Å²) in [7, 11) is 0. The average Bonchev–Trinajstić information content (AvgIpc) is 2.55. The number of piperidine rings is 1. The molecule has 1 heterocycles. The summed E-state index contributed by atoms with van der Waals surface area (Å²) in [5.41, 5.74) is 3.56. The summed E-state index contributed by atoms with van der Waals surface area (Å²) < 4.78 is 4.95. The predicted molar refractivity (Wildman–Crippen MR) is 89.2 cm³/mol. The van der Waals surface area contributed by atoms with Gasteiger partial charge in [0.25, 0.3) is 5.91 Å². The number of benzene rings is 1. The quantitative estimate of drug-likeness (QED) is 0.843. The largest absolute Gasteiger partial charge is 0.450 e. The number of hydrogen-bond acceptors (Lipinski definition) is 4. The fourth-order valence-corrected chi connectivity index (χ4v) is 2.51. The highest BCUT2D eigenvalue weighted by atomic mass is 35.5. The van der Waals surface area contributed by atoms with Gasteiger partial charge in [-0.3, -0.25) is 4.79 Å². The smallest absolute Gasteiger partial charge is 0.409 e. The molecule has 2 amide bonds. The van der Waals surface area contributed by atoms with Crippen molar-refractivity contribution in [3.63, 3.8) is 0 Å². The Bertz CT molecular complexity index is 624. The lowest BCUT2D eigenvalue weighted by Gasteiger charge is -2.26. The summed E-state index contributed by atoms with van der Waals surface area (Å²) in [6, 6.07) is 4.66. The predicted octanol–water partition coefficient (Wildman–Crippen LogP) is 3.33. The summed E-state index contributed by atoms with van der Waals surface area (Å²) in [5.74, 6) is -0.419. The first-order valence-corrected chi connectivity index (χ1v) is 7.99. The molecule has 2 rings (SSSR count). The average molecular weight is 358 g/mol. The van der Waals surface area contributed by atoms with E-state index in [-0.39, 0.29) is 11.7 Å². The molecule has 0 aliphatic carbocycles. The first kappa shape index (κ1) is 17.6. The maximum absolute atomic E-state index is 12.1. The number of rotatable bonds is 3. The number of halogens is 2. The minimum Gasteiger partial charge on any atom is -0.450 e. The Morgan fingerprint density at radius 2 is 2.00 bits per heavy atom. The molecule has 124 valence electrons. The van der Waals surface area contributed by atoms with Gasteiger partial charge in [0.15, 0.2) is 0 Å². The van der Waals surface area contributed by atoms with Gasteiger partial charge in [-0.25, -0.2) is 10.2 Å². The van der Waals surface area contributed by atoms with E-state index >= 15 is 0 Å². The van der Waals surface area contributed by atoms with Gasteiger partial charge in [0.1, 0.15) is 0 Å². The van der Waals surface area contributed by atoms with E-state index in [9.17, 15) is 9.59 Å². The molecule has 0 radical (unpaired) electrons. The number of likely N-dealkylation sites (tertiary alicyclic amines) is 1. The third kappa shape index (κ3) is 4.84. The van der Waals surface area contributed by atoms with Crippen molar-refractivity contribution in [2.24, 2.45) is 5.10 Å². The summed E-state index contributed by atoms with van der Waals surface area (Å²) in [5, 5.41) is 4.84. The van der Waals surface area contributed by atoms with Gasteiger partial charge in [0, 0.05) is 36.7 Å². The minimum absolute atomic E-state index is 0.271. The number of nitrogens with one attached hydrogen (secondary N) is 1. The maximum Gasteiger partial charge on any atom is 0.409 e. The third-order valence-corrected chi connectivity index (χ3v) is 3.92. The van der Waals surface area contributed by atoms with E-state index < -0.39 is 5.91 Å². The Morgan fingerprint density at radius 3 is 2.65 bits per heavy atom. The van der Waals surface area contributed by atoms with Crippen LogP contribution in [0.3, 0.4) is 0 Å². The Kier molecular flexibility index (Phi) is 6.24. The maximum atomic E-state index is 12.1. The van der Waals surface area contributed by atoms with Crippen LogP contribution in [-0.2, 0) is 4.74 Å². The van der Waals surface area contributed by atoms with Gasteiger partial charge in [0.05, 0.1) is 17.2 Å². The van der Waals surface area contributed by atoms with Crippen molar-refractivity contribution >= 4 is 40.9 Å². The molecule has 8 heteroatoms. The molecule has 1 aromatic carbocycles. The summed E-state index contributed by atoms with van der Waals surface area (Å²) in [4.78, 5) is 25.3. The molecule has 1 N–H and O–H groups in total. The van der Waals surface area contributed by atoms with Gasteiger partial charge in [0.2, 0.25) is 0 Å². The molecular formula is C15H17Cl2N3O3. The molecule has 0 aromatic heterocycles. The van der Waals surface area contributed by atoms with Crippen LogP contribution in [0.15, 0.2) is 23.3 Å². The van der Waals surface area contributed by atoms with Gasteiger partial charge in [-0.05, 0) is 25.1 Å². The van der Waals surface area contributed by atoms with Crippen molar-refractivity contribution in [2.75, 3.05) is 19.7 Å². The highest BCUT2D eigenvalue weighted by Crippen LogP contribution is 2.20. The zero-order valence-corrected chi connectivity index (χ0v) is 14.2. The van der Waals surface area contributed by atoms with Crippen LogP contribution in [0, 0.1) is 0 Å². The minimum atomic E-state index is -0.419. The molecular weight excluding hydrogens is 341 g/mol. The van der Waals surface area contributed by atoms with Crippen LogP contribution in [0.4, 0.5) is 4.79 Å². The van der Waals surface area contributed by atoms with Crippen molar-refractivity contribution in [3.05, 3.63) is 33.8 Å². The van der Waals surface area contributed by atoms with Gasteiger partial charge in [-0.2, -0.15) is 5.10 Å². The van der Waals surface area contributed by atoms with E-state index in [0.29, 0.717) is 42.6 Å². The van der Waals surface area contributed by atoms with Crippen LogP contribution < -0.4 is 5.43 Å². The summed E-state index contributed by atoms with van der Waals surface area (Å²) in [6.45, 7) is 3.16. The van der Waals surface area contributed by atoms with E-state index in [1.54, 1.807) is 24.0 Å². The number of hydrazone groups is 1. The van der Waals surface area contributed by atoms with Crippen LogP contribution >= 0.6 is 23.2 Å². The number of hydrogen-bond donors (Lipinski definition) is 1. The topological polar surface area (TPSA) is 71.0 Å². The first-order valence-electron chi connectivity index (χ1n) is 7.23. The molecule has 1 aromatic rings. The van der Waals surface area contributed by atoms with E-state index in [1.165, 1.54) is 6.07 Å². The number of carbonyl (C=O) groups is 2. The Hall–Kier alpha value is -1.79. The second kappa shape index (κ2) is 8.17. The standard InChI is InChI=1S/C15H17Cl2N3O3/c1-2-23-15(22)20-7-5-11(6-8-20)18-19-14(21)12-9-10(16)3-4-13(12)17/h3-4,9H,2,5-8H2,1H3,(H,19,21). The van der Waals surface area contributed by atoms with Crippen molar-refractivity contribution in [1.29, 1.82) is 0 Å². The molecule has 0 atom stereocenters. The van der Waals surface area contributed by atoms with E-state index in [4.69, 9.17) is 27.9 Å². The molecule has 0 unspecified atom stereocenters. The van der Waals surface area contributed by atoms with Crippen LogP contribution in [0.1, 0.15) is 30.1 Å². The van der Waals surface area contributed by atoms with E-state index in [1.807, 2.05) is 0 Å². The van der Waals surface area contributed by atoms with Gasteiger partial charge in [-0.15, -0.1) is 0 Å². The summed E-state index contributed by atoms with van der Waals surface area (Å²) in [6.07, 6.45) is 0.853. The first-order chi connectivity index (χ1) is 11.0. The van der Waals surface area contributed by atoms with Crippen molar-refractivity contribution in [1.82, 2.24) is 10.3 Å². The Labute approximate surface area is 144 Å². The number of ether oxygens (including phenoxy) is 1. The van der Waals surface area contributed by atoms with E-state index in [2.05, 4.69) is 10.5 Å².